The Morgan fingerprint density at radius 2 is 1.76 bits per heavy atom. The van der Waals surface area contributed by atoms with Crippen molar-refractivity contribution in [2.45, 2.75) is 24.3 Å². The topological polar surface area (TPSA) is 83.3 Å². The average molecular weight is 576 g/mol. The lowest BCUT2D eigenvalue weighted by Crippen LogP contribution is -2.47. The predicted molar refractivity (Wildman–Crippen MR) is 142 cm³/mol. The Balaban J connectivity index is 1.68. The van der Waals surface area contributed by atoms with Gasteiger partial charge in [0, 0.05) is 37.8 Å². The number of hydrogen-bond donors (Lipinski definition) is 2. The van der Waals surface area contributed by atoms with Crippen LogP contribution in [-0.2, 0) is 13.2 Å². The van der Waals surface area contributed by atoms with Gasteiger partial charge in [0.15, 0.2) is 6.04 Å². The molecule has 0 radical (unpaired) electrons. The number of pyridine rings is 1. The normalized spacial score (nSPS) is 15.0. The first-order valence-corrected chi connectivity index (χ1v) is 12.3. The Morgan fingerprint density at radius 1 is 1.07 bits per heavy atom. The molecular weight excluding hydrogens is 552 g/mol. The second-order valence-electron chi connectivity index (χ2n) is 9.71. The van der Waals surface area contributed by atoms with E-state index < -0.39 is 51.7 Å². The van der Waals surface area contributed by atoms with Crippen molar-refractivity contribution in [3.8, 4) is 0 Å². The van der Waals surface area contributed by atoms with Gasteiger partial charge in [-0.25, -0.2) is 4.98 Å². The van der Waals surface area contributed by atoms with E-state index in [0.29, 0.717) is 25.2 Å². The molecule has 2 aromatic heterocycles. The van der Waals surface area contributed by atoms with Crippen molar-refractivity contribution in [3.05, 3.63) is 100 Å². The molecule has 2 N–H and O–H groups in total. The number of aliphatic hydroxyl groups is 1. The summed E-state index contributed by atoms with van der Waals surface area (Å²) in [6.45, 7) is 4.10. The fourth-order valence-electron chi connectivity index (χ4n) is 4.88. The fraction of sp³-hybridized carbons (Fsp3) is 0.250. The SMILES string of the molecule is C=C(O)c1ncccc1N[C@@H](c1cc(C(F)(F)F)cc2c(=O)n(C)c(N3CC(c4ccccc4)C3)nc12)C(F)(F)F. The molecule has 13 heteroatoms. The molecule has 5 rings (SSSR count). The van der Waals surface area contributed by atoms with E-state index in [2.05, 4.69) is 21.9 Å². The lowest BCUT2D eigenvalue weighted by Gasteiger charge is -2.41. The third-order valence-corrected chi connectivity index (χ3v) is 6.97. The van der Waals surface area contributed by atoms with E-state index in [4.69, 9.17) is 0 Å². The third kappa shape index (κ3) is 5.31. The molecule has 0 spiro atoms. The molecule has 214 valence electrons. The highest BCUT2D eigenvalue weighted by Crippen LogP contribution is 2.42. The molecule has 1 atom stereocenters. The number of benzene rings is 2. The smallest absolute Gasteiger partial charge is 0.416 e. The van der Waals surface area contributed by atoms with Gasteiger partial charge in [0.05, 0.1) is 22.2 Å². The number of nitrogens with zero attached hydrogens (tertiary/aromatic N) is 4. The minimum atomic E-state index is -5.15. The van der Waals surface area contributed by atoms with Crippen molar-refractivity contribution >= 4 is 28.3 Å². The summed E-state index contributed by atoms with van der Waals surface area (Å²) in [5, 5.41) is 11.4. The van der Waals surface area contributed by atoms with E-state index in [0.717, 1.165) is 10.1 Å². The summed E-state index contributed by atoms with van der Waals surface area (Å²) in [5.41, 5.74) is -3.41. The predicted octanol–water partition coefficient (Wildman–Crippen LogP) is 6.20. The second-order valence-corrected chi connectivity index (χ2v) is 9.71. The second kappa shape index (κ2) is 10.1. The van der Waals surface area contributed by atoms with Crippen molar-refractivity contribution < 1.29 is 31.4 Å². The van der Waals surface area contributed by atoms with Crippen LogP contribution in [0, 0.1) is 0 Å². The van der Waals surface area contributed by atoms with Crippen LogP contribution in [-0.4, -0.2) is 38.9 Å². The van der Waals surface area contributed by atoms with Crippen molar-refractivity contribution in [1.29, 1.82) is 0 Å². The number of anilines is 2. The zero-order valence-electron chi connectivity index (χ0n) is 21.5. The number of aromatic nitrogens is 3. The fourth-order valence-corrected chi connectivity index (χ4v) is 4.88. The minimum absolute atomic E-state index is 0.0300. The first-order valence-electron chi connectivity index (χ1n) is 12.3. The van der Waals surface area contributed by atoms with Gasteiger partial charge in [-0.1, -0.05) is 36.9 Å². The van der Waals surface area contributed by atoms with E-state index in [1.165, 1.54) is 25.4 Å². The monoisotopic (exact) mass is 575 g/mol. The maximum atomic E-state index is 14.6. The minimum Gasteiger partial charge on any atom is -0.506 e. The van der Waals surface area contributed by atoms with Crippen LogP contribution >= 0.6 is 0 Å². The molecule has 7 nitrogen and oxygen atoms in total. The van der Waals surface area contributed by atoms with Crippen LogP contribution < -0.4 is 15.8 Å². The largest absolute Gasteiger partial charge is 0.506 e. The quantitative estimate of drug-likeness (QED) is 0.211. The summed E-state index contributed by atoms with van der Waals surface area (Å²) >= 11 is 0. The third-order valence-electron chi connectivity index (χ3n) is 6.97. The summed E-state index contributed by atoms with van der Waals surface area (Å²) in [4.78, 5) is 23.2. The summed E-state index contributed by atoms with van der Waals surface area (Å²) in [5.74, 6) is -0.540. The van der Waals surface area contributed by atoms with Gasteiger partial charge in [-0.3, -0.25) is 14.3 Å². The maximum Gasteiger partial charge on any atom is 0.416 e. The summed E-state index contributed by atoms with van der Waals surface area (Å²) in [6, 6.07) is 10.0. The summed E-state index contributed by atoms with van der Waals surface area (Å²) in [7, 11) is 1.31. The van der Waals surface area contributed by atoms with Gasteiger partial charge in [0.25, 0.3) is 5.56 Å². The van der Waals surface area contributed by atoms with E-state index >= 15 is 0 Å². The lowest BCUT2D eigenvalue weighted by atomic mass is 9.92. The van der Waals surface area contributed by atoms with Gasteiger partial charge in [-0.15, -0.1) is 0 Å². The number of aliphatic hydroxyl groups excluding tert-OH is 1. The Hall–Kier alpha value is -4.55. The molecule has 1 fully saturated rings. The van der Waals surface area contributed by atoms with Crippen molar-refractivity contribution in [3.63, 3.8) is 0 Å². The first kappa shape index (κ1) is 28.0. The molecule has 0 amide bonds. The molecule has 0 bridgehead atoms. The zero-order valence-corrected chi connectivity index (χ0v) is 21.5. The lowest BCUT2D eigenvalue weighted by molar-refractivity contribution is -0.145. The van der Waals surface area contributed by atoms with Crippen LogP contribution in [0.2, 0.25) is 0 Å². The van der Waals surface area contributed by atoms with Crippen LogP contribution in [0.25, 0.3) is 16.7 Å². The van der Waals surface area contributed by atoms with Crippen LogP contribution in [0.3, 0.4) is 0 Å². The molecule has 0 unspecified atom stereocenters. The molecular formula is C28H23F6N5O2. The van der Waals surface area contributed by atoms with Crippen molar-refractivity contribution in [1.82, 2.24) is 14.5 Å². The van der Waals surface area contributed by atoms with Gasteiger partial charge in [0.1, 0.15) is 11.5 Å². The molecule has 41 heavy (non-hydrogen) atoms. The Morgan fingerprint density at radius 3 is 2.37 bits per heavy atom. The molecule has 2 aromatic carbocycles. The van der Waals surface area contributed by atoms with Crippen LogP contribution in [0.15, 0.2) is 72.2 Å². The van der Waals surface area contributed by atoms with E-state index in [-0.39, 0.29) is 23.2 Å². The Bertz CT molecular complexity index is 1680. The molecule has 1 aliphatic heterocycles. The van der Waals surface area contributed by atoms with Gasteiger partial charge < -0.3 is 15.3 Å². The number of nitrogens with one attached hydrogen (secondary N) is 1. The van der Waals surface area contributed by atoms with Crippen LogP contribution in [0.4, 0.5) is 38.0 Å². The van der Waals surface area contributed by atoms with Crippen LogP contribution in [0.5, 0.6) is 0 Å². The highest BCUT2D eigenvalue weighted by atomic mass is 19.4. The van der Waals surface area contributed by atoms with Gasteiger partial charge in [-0.2, -0.15) is 26.3 Å². The van der Waals surface area contributed by atoms with Gasteiger partial charge >= 0.3 is 12.4 Å². The number of halogens is 6. The van der Waals surface area contributed by atoms with Crippen molar-refractivity contribution in [2.75, 3.05) is 23.3 Å². The molecule has 0 saturated carbocycles. The number of rotatable bonds is 6. The maximum absolute atomic E-state index is 14.6. The van der Waals surface area contributed by atoms with Crippen LogP contribution in [0.1, 0.15) is 34.3 Å². The molecule has 1 saturated heterocycles. The molecule has 0 aliphatic carbocycles. The number of alkyl halides is 6. The van der Waals surface area contributed by atoms with E-state index in [9.17, 15) is 36.2 Å². The van der Waals surface area contributed by atoms with E-state index in [1.807, 2.05) is 30.3 Å². The average Bonchev–Trinajstić information content (AvgIpc) is 2.88. The molecule has 4 aromatic rings. The van der Waals surface area contributed by atoms with Crippen molar-refractivity contribution in [2.24, 2.45) is 7.05 Å². The highest BCUT2D eigenvalue weighted by molar-refractivity contribution is 5.84. The standard InChI is InChI=1S/C28H23F6N5O2/c1-15(40)22-21(9-6-10-35-22)36-24(28(32,33)34)19-11-18(27(29,30)31)12-20-23(19)37-26(38(2)25(20)41)39-13-17(14-39)16-7-4-3-5-8-16/h3-12,17,24,36,40H,1,13-14H2,2H3/t24-/m0/s1. The molecule has 3 heterocycles. The number of fused-ring (bicyclic) bond motifs is 1. The highest BCUT2D eigenvalue weighted by Gasteiger charge is 2.44. The van der Waals surface area contributed by atoms with Gasteiger partial charge in [0.2, 0.25) is 5.95 Å². The summed E-state index contributed by atoms with van der Waals surface area (Å²) in [6.07, 6.45) is -9.00. The number of hydrogen-bond acceptors (Lipinski definition) is 6. The summed E-state index contributed by atoms with van der Waals surface area (Å²) < 4.78 is 86.3. The Kier molecular flexibility index (Phi) is 6.92. The zero-order chi connectivity index (χ0) is 29.7. The van der Waals surface area contributed by atoms with Gasteiger partial charge in [-0.05, 0) is 29.8 Å². The molecule has 1 aliphatic rings. The first-order chi connectivity index (χ1) is 19.3. The Labute approximate surface area is 229 Å². The van der Waals surface area contributed by atoms with E-state index in [1.54, 1.807) is 4.90 Å².